The van der Waals surface area contributed by atoms with Gasteiger partial charge in [-0.25, -0.2) is 9.78 Å². The second kappa shape index (κ2) is 5.14. The van der Waals surface area contributed by atoms with E-state index in [1.165, 1.54) is 18.4 Å². The summed E-state index contributed by atoms with van der Waals surface area (Å²) in [6.07, 6.45) is 1.73. The number of aromatic nitrogens is 2. The third-order valence-electron chi connectivity index (χ3n) is 2.34. The second-order valence-corrected chi connectivity index (χ2v) is 4.93. The van der Waals surface area contributed by atoms with Crippen molar-refractivity contribution in [1.29, 1.82) is 0 Å². The van der Waals surface area contributed by atoms with Gasteiger partial charge in [0.25, 0.3) is 0 Å². The molecule has 2 aromatic rings. The lowest BCUT2D eigenvalue weighted by atomic mass is 10.3. The molecule has 0 aliphatic heterocycles. The molecule has 0 radical (unpaired) electrons. The number of rotatable bonds is 3. The van der Waals surface area contributed by atoms with Crippen LogP contribution in [-0.2, 0) is 4.74 Å². The van der Waals surface area contributed by atoms with Gasteiger partial charge < -0.3 is 10.1 Å². The molecule has 0 saturated carbocycles. The molecule has 0 saturated heterocycles. The van der Waals surface area contributed by atoms with Gasteiger partial charge in [0.15, 0.2) is 10.8 Å². The highest BCUT2D eigenvalue weighted by atomic mass is 32.1. The second-order valence-electron chi connectivity index (χ2n) is 3.73. The van der Waals surface area contributed by atoms with Crippen molar-refractivity contribution in [2.45, 2.75) is 13.8 Å². The van der Waals surface area contributed by atoms with E-state index < -0.39 is 5.97 Å². The van der Waals surface area contributed by atoms with Crippen LogP contribution in [0.5, 0.6) is 0 Å². The quantitative estimate of drug-likeness (QED) is 0.862. The Kier molecular flexibility index (Phi) is 3.57. The largest absolute Gasteiger partial charge is 0.464 e. The maximum Gasteiger partial charge on any atom is 0.357 e. The molecule has 0 amide bonds. The Morgan fingerprint density at radius 1 is 1.39 bits per heavy atom. The van der Waals surface area contributed by atoms with Crippen LogP contribution in [0.25, 0.3) is 0 Å². The maximum atomic E-state index is 11.4. The smallest absolute Gasteiger partial charge is 0.357 e. The number of carbonyl (C=O) groups is 1. The molecule has 6 heteroatoms. The van der Waals surface area contributed by atoms with Crippen LogP contribution in [0.2, 0.25) is 0 Å². The number of hydrogen-bond donors (Lipinski definition) is 1. The molecule has 0 aromatic carbocycles. The van der Waals surface area contributed by atoms with Crippen molar-refractivity contribution in [3.63, 3.8) is 0 Å². The van der Waals surface area contributed by atoms with E-state index >= 15 is 0 Å². The molecule has 2 rings (SSSR count). The molecule has 2 aromatic heterocycles. The van der Waals surface area contributed by atoms with E-state index in [0.29, 0.717) is 10.8 Å². The lowest BCUT2D eigenvalue weighted by Crippen LogP contribution is -2.03. The summed E-state index contributed by atoms with van der Waals surface area (Å²) >= 11 is 1.41. The van der Waals surface area contributed by atoms with Crippen LogP contribution >= 0.6 is 11.3 Å². The van der Waals surface area contributed by atoms with E-state index in [1.807, 2.05) is 26.0 Å². The minimum Gasteiger partial charge on any atom is -0.464 e. The fraction of sp³-hybridized carbons (Fsp3) is 0.250. The molecule has 0 bridgehead atoms. The molecule has 1 N–H and O–H groups in total. The third kappa shape index (κ3) is 2.65. The molecule has 0 unspecified atom stereocenters. The predicted octanol–water partition coefficient (Wildman–Crippen LogP) is 2.69. The van der Waals surface area contributed by atoms with Gasteiger partial charge in [0.05, 0.1) is 19.0 Å². The molecule has 5 nitrogen and oxygen atoms in total. The predicted molar refractivity (Wildman–Crippen MR) is 70.4 cm³/mol. The van der Waals surface area contributed by atoms with E-state index in [2.05, 4.69) is 20.0 Å². The van der Waals surface area contributed by atoms with Gasteiger partial charge in [-0.2, -0.15) is 0 Å². The number of thiazole rings is 1. The molecule has 18 heavy (non-hydrogen) atoms. The molecule has 94 valence electrons. The number of methoxy groups -OCH3 is 1. The van der Waals surface area contributed by atoms with Crippen molar-refractivity contribution >= 4 is 28.1 Å². The SMILES string of the molecule is COC(=O)c1nc(Nc2ccc(C)nc2)sc1C. The Balaban J connectivity index is 2.20. The van der Waals surface area contributed by atoms with E-state index in [1.54, 1.807) is 6.20 Å². The molecule has 0 aliphatic rings. The number of nitrogens with zero attached hydrogens (tertiary/aromatic N) is 2. The lowest BCUT2D eigenvalue weighted by molar-refractivity contribution is 0.0594. The van der Waals surface area contributed by atoms with Gasteiger partial charge in [0.1, 0.15) is 0 Å². The summed E-state index contributed by atoms with van der Waals surface area (Å²) in [5.74, 6) is -0.418. The van der Waals surface area contributed by atoms with Crippen molar-refractivity contribution in [3.8, 4) is 0 Å². The number of carbonyl (C=O) groups excluding carboxylic acids is 1. The summed E-state index contributed by atoms with van der Waals surface area (Å²) in [6.45, 7) is 3.76. The maximum absolute atomic E-state index is 11.4. The molecular weight excluding hydrogens is 250 g/mol. The van der Waals surface area contributed by atoms with Crippen LogP contribution in [0.1, 0.15) is 21.1 Å². The fourth-order valence-corrected chi connectivity index (χ4v) is 2.22. The first-order chi connectivity index (χ1) is 8.60. The Morgan fingerprint density at radius 2 is 2.17 bits per heavy atom. The topological polar surface area (TPSA) is 64.1 Å². The van der Waals surface area contributed by atoms with Crippen molar-refractivity contribution in [1.82, 2.24) is 9.97 Å². The first-order valence-corrected chi connectivity index (χ1v) is 6.17. The standard InChI is InChI=1S/C12H13N3O2S/c1-7-4-5-9(6-13-7)14-12-15-10(8(2)18-12)11(16)17-3/h4-6H,1-3H3,(H,14,15). The van der Waals surface area contributed by atoms with E-state index in [9.17, 15) is 4.79 Å². The normalized spacial score (nSPS) is 10.2. The third-order valence-corrected chi connectivity index (χ3v) is 3.22. The number of aryl methyl sites for hydroxylation is 2. The summed E-state index contributed by atoms with van der Waals surface area (Å²) < 4.78 is 4.66. The van der Waals surface area contributed by atoms with Crippen LogP contribution in [0.4, 0.5) is 10.8 Å². The Morgan fingerprint density at radius 3 is 2.78 bits per heavy atom. The minimum absolute atomic E-state index is 0.352. The van der Waals surface area contributed by atoms with Gasteiger partial charge in [0.2, 0.25) is 0 Å². The van der Waals surface area contributed by atoms with Gasteiger partial charge >= 0.3 is 5.97 Å². The van der Waals surface area contributed by atoms with Crippen LogP contribution in [-0.4, -0.2) is 23.0 Å². The van der Waals surface area contributed by atoms with E-state index in [4.69, 9.17) is 0 Å². The summed E-state index contributed by atoms with van der Waals surface area (Å²) in [7, 11) is 1.35. The molecule has 0 spiro atoms. The van der Waals surface area contributed by atoms with E-state index in [0.717, 1.165) is 16.3 Å². The highest BCUT2D eigenvalue weighted by molar-refractivity contribution is 7.15. The van der Waals surface area contributed by atoms with Crippen LogP contribution in [0.3, 0.4) is 0 Å². The van der Waals surface area contributed by atoms with Crippen molar-refractivity contribution in [2.75, 3.05) is 12.4 Å². The summed E-state index contributed by atoms with van der Waals surface area (Å²) in [4.78, 5) is 20.6. The molecule has 0 fully saturated rings. The van der Waals surface area contributed by atoms with Gasteiger partial charge in [0, 0.05) is 10.6 Å². The zero-order chi connectivity index (χ0) is 13.1. The molecule has 0 aliphatic carbocycles. The zero-order valence-electron chi connectivity index (χ0n) is 10.4. The molecule has 0 atom stereocenters. The molecular formula is C12H13N3O2S. The highest BCUT2D eigenvalue weighted by Gasteiger charge is 2.15. The van der Waals surface area contributed by atoms with Crippen molar-refractivity contribution in [2.24, 2.45) is 0 Å². The van der Waals surface area contributed by atoms with Gasteiger partial charge in [-0.1, -0.05) is 0 Å². The number of ether oxygens (including phenoxy) is 1. The van der Waals surface area contributed by atoms with Gasteiger partial charge in [-0.3, -0.25) is 4.98 Å². The average molecular weight is 263 g/mol. The Hall–Kier alpha value is -1.95. The summed E-state index contributed by atoms with van der Waals surface area (Å²) in [6, 6.07) is 3.82. The average Bonchev–Trinajstić information content (AvgIpc) is 2.72. The highest BCUT2D eigenvalue weighted by Crippen LogP contribution is 2.25. The number of anilines is 2. The number of nitrogens with one attached hydrogen (secondary N) is 1. The monoisotopic (exact) mass is 263 g/mol. The number of esters is 1. The summed E-state index contributed by atoms with van der Waals surface area (Å²) in [5, 5.41) is 3.76. The zero-order valence-corrected chi connectivity index (χ0v) is 11.2. The van der Waals surface area contributed by atoms with Crippen LogP contribution in [0.15, 0.2) is 18.3 Å². The van der Waals surface area contributed by atoms with Gasteiger partial charge in [-0.15, -0.1) is 11.3 Å². The number of hydrogen-bond acceptors (Lipinski definition) is 6. The number of pyridine rings is 1. The lowest BCUT2D eigenvalue weighted by Gasteiger charge is -2.01. The molecule has 2 heterocycles. The first-order valence-electron chi connectivity index (χ1n) is 5.35. The first kappa shape index (κ1) is 12.5. The van der Waals surface area contributed by atoms with Gasteiger partial charge in [-0.05, 0) is 26.0 Å². The van der Waals surface area contributed by atoms with Crippen molar-refractivity contribution < 1.29 is 9.53 Å². The van der Waals surface area contributed by atoms with E-state index in [-0.39, 0.29) is 0 Å². The minimum atomic E-state index is -0.418. The Labute approximate surface area is 109 Å². The summed E-state index contributed by atoms with van der Waals surface area (Å²) in [5.41, 5.74) is 2.14. The van der Waals surface area contributed by atoms with Crippen LogP contribution in [0, 0.1) is 13.8 Å². The van der Waals surface area contributed by atoms with Crippen LogP contribution < -0.4 is 5.32 Å². The fourth-order valence-electron chi connectivity index (χ4n) is 1.40. The van der Waals surface area contributed by atoms with Crippen molar-refractivity contribution in [3.05, 3.63) is 34.6 Å². The Bertz CT molecular complexity index is 563.